The highest BCUT2D eigenvalue weighted by atomic mass is 35.5. The van der Waals surface area contributed by atoms with Gasteiger partial charge in [-0.3, -0.25) is 4.98 Å². The number of methoxy groups -OCH3 is 1. The van der Waals surface area contributed by atoms with Crippen LogP contribution in [0.15, 0.2) is 24.4 Å². The first-order valence-electron chi connectivity index (χ1n) is 5.82. The fraction of sp³-hybridized carbons (Fsp3) is 0.308. The molecule has 0 unspecified atom stereocenters. The molecule has 0 aromatic carbocycles. The molecular weight excluding hydrogens is 250 g/mol. The molecule has 0 spiro atoms. The van der Waals surface area contributed by atoms with E-state index in [-0.39, 0.29) is 0 Å². The van der Waals surface area contributed by atoms with Gasteiger partial charge in [-0.1, -0.05) is 11.6 Å². The summed E-state index contributed by atoms with van der Waals surface area (Å²) < 4.78 is 5.29. The van der Waals surface area contributed by atoms with Crippen LogP contribution in [0.25, 0.3) is 11.4 Å². The van der Waals surface area contributed by atoms with E-state index in [0.29, 0.717) is 28.2 Å². The van der Waals surface area contributed by atoms with Gasteiger partial charge in [-0.2, -0.15) is 0 Å². The maximum atomic E-state index is 6.05. The molecule has 2 heterocycles. The first-order valence-corrected chi connectivity index (χ1v) is 6.19. The highest BCUT2D eigenvalue weighted by molar-refractivity contribution is 6.29. The Hall–Kier alpha value is -1.68. The number of pyridine rings is 1. The molecule has 0 atom stereocenters. The molecule has 1 aliphatic rings. The summed E-state index contributed by atoms with van der Waals surface area (Å²) >= 11 is 6.05. The van der Waals surface area contributed by atoms with Crippen molar-refractivity contribution in [3.05, 3.63) is 35.4 Å². The van der Waals surface area contributed by atoms with Gasteiger partial charge in [-0.05, 0) is 25.0 Å². The number of ether oxygens (including phenoxy) is 1. The molecule has 0 aliphatic heterocycles. The van der Waals surface area contributed by atoms with Crippen LogP contribution in [-0.4, -0.2) is 22.1 Å². The summed E-state index contributed by atoms with van der Waals surface area (Å²) in [7, 11) is 1.62. The second kappa shape index (κ2) is 4.53. The first-order chi connectivity index (χ1) is 8.78. The van der Waals surface area contributed by atoms with Gasteiger partial charge in [0.15, 0.2) is 0 Å². The van der Waals surface area contributed by atoms with Crippen molar-refractivity contribution in [3.63, 3.8) is 0 Å². The van der Waals surface area contributed by atoms with Crippen molar-refractivity contribution in [1.82, 2.24) is 15.0 Å². The molecule has 0 amide bonds. The Morgan fingerprint density at radius 1 is 1.33 bits per heavy atom. The molecule has 2 aromatic rings. The highest BCUT2D eigenvalue weighted by Crippen LogP contribution is 2.39. The lowest BCUT2D eigenvalue weighted by molar-refractivity contribution is 0.414. The third-order valence-corrected chi connectivity index (χ3v) is 3.08. The predicted octanol–water partition coefficient (Wildman–Crippen LogP) is 3.08. The summed E-state index contributed by atoms with van der Waals surface area (Å²) in [5.41, 5.74) is 1.42. The quantitative estimate of drug-likeness (QED) is 0.797. The fourth-order valence-corrected chi connectivity index (χ4v) is 2.02. The van der Waals surface area contributed by atoms with E-state index in [1.54, 1.807) is 19.4 Å². The maximum absolute atomic E-state index is 6.05. The van der Waals surface area contributed by atoms with Gasteiger partial charge in [0.05, 0.1) is 12.8 Å². The summed E-state index contributed by atoms with van der Waals surface area (Å²) in [6, 6.07) is 5.40. The molecule has 4 nitrogen and oxygen atoms in total. The van der Waals surface area contributed by atoms with Gasteiger partial charge in [0.25, 0.3) is 0 Å². The van der Waals surface area contributed by atoms with E-state index in [1.165, 1.54) is 0 Å². The van der Waals surface area contributed by atoms with Gasteiger partial charge in [0, 0.05) is 18.2 Å². The van der Waals surface area contributed by atoms with Gasteiger partial charge in [-0.25, -0.2) is 9.97 Å². The minimum atomic E-state index is 0.453. The fourth-order valence-electron chi connectivity index (χ4n) is 1.83. The SMILES string of the molecule is COc1cccnc1-c1cc(Cl)nc(C2CC2)n1. The van der Waals surface area contributed by atoms with Crippen LogP contribution in [0, 0.1) is 0 Å². The van der Waals surface area contributed by atoms with E-state index in [2.05, 4.69) is 15.0 Å². The van der Waals surface area contributed by atoms with Crippen molar-refractivity contribution >= 4 is 11.6 Å². The van der Waals surface area contributed by atoms with Gasteiger partial charge in [-0.15, -0.1) is 0 Å². The van der Waals surface area contributed by atoms with E-state index in [1.807, 2.05) is 12.1 Å². The van der Waals surface area contributed by atoms with Crippen LogP contribution in [0.3, 0.4) is 0 Å². The zero-order chi connectivity index (χ0) is 12.5. The Morgan fingerprint density at radius 2 is 2.17 bits per heavy atom. The van der Waals surface area contributed by atoms with Crippen molar-refractivity contribution in [2.24, 2.45) is 0 Å². The lowest BCUT2D eigenvalue weighted by Gasteiger charge is -2.07. The summed E-state index contributed by atoms with van der Waals surface area (Å²) in [4.78, 5) is 13.1. The third-order valence-electron chi connectivity index (χ3n) is 2.89. The van der Waals surface area contributed by atoms with Gasteiger partial charge in [0.1, 0.15) is 22.4 Å². The van der Waals surface area contributed by atoms with Crippen molar-refractivity contribution in [2.45, 2.75) is 18.8 Å². The molecule has 0 N–H and O–H groups in total. The van der Waals surface area contributed by atoms with E-state index in [9.17, 15) is 0 Å². The number of nitrogens with zero attached hydrogens (tertiary/aromatic N) is 3. The van der Waals surface area contributed by atoms with Crippen LogP contribution in [0.5, 0.6) is 5.75 Å². The molecule has 3 rings (SSSR count). The van der Waals surface area contributed by atoms with E-state index in [0.717, 1.165) is 18.7 Å². The molecular formula is C13H12ClN3O. The molecule has 0 bridgehead atoms. The normalized spacial score (nSPS) is 14.6. The molecule has 0 radical (unpaired) electrons. The Labute approximate surface area is 110 Å². The lowest BCUT2D eigenvalue weighted by atomic mass is 10.2. The Morgan fingerprint density at radius 3 is 2.89 bits per heavy atom. The maximum Gasteiger partial charge on any atom is 0.146 e. The van der Waals surface area contributed by atoms with Crippen molar-refractivity contribution in [3.8, 4) is 17.1 Å². The minimum absolute atomic E-state index is 0.453. The van der Waals surface area contributed by atoms with Crippen molar-refractivity contribution < 1.29 is 4.74 Å². The molecule has 0 saturated heterocycles. The minimum Gasteiger partial charge on any atom is -0.494 e. The molecule has 1 saturated carbocycles. The van der Waals surface area contributed by atoms with Gasteiger partial charge in [0.2, 0.25) is 0 Å². The van der Waals surface area contributed by atoms with Crippen LogP contribution in [-0.2, 0) is 0 Å². The van der Waals surface area contributed by atoms with Crippen molar-refractivity contribution in [1.29, 1.82) is 0 Å². The van der Waals surface area contributed by atoms with Gasteiger partial charge >= 0.3 is 0 Å². The monoisotopic (exact) mass is 261 g/mol. The standard InChI is InChI=1S/C13H12ClN3O/c1-18-10-3-2-6-15-12(10)9-7-11(14)17-13(16-9)8-4-5-8/h2-3,6-8H,4-5H2,1H3. The largest absolute Gasteiger partial charge is 0.494 e. The second-order valence-electron chi connectivity index (χ2n) is 4.26. The Balaban J connectivity index is 2.10. The van der Waals surface area contributed by atoms with Crippen LogP contribution < -0.4 is 4.74 Å². The predicted molar refractivity (Wildman–Crippen MR) is 68.8 cm³/mol. The first kappa shape index (κ1) is 11.4. The zero-order valence-electron chi connectivity index (χ0n) is 9.93. The summed E-state index contributed by atoms with van der Waals surface area (Å²) in [5.74, 6) is 1.95. The van der Waals surface area contributed by atoms with Gasteiger partial charge < -0.3 is 4.74 Å². The Kier molecular flexibility index (Phi) is 2.88. The molecule has 1 fully saturated rings. The van der Waals surface area contributed by atoms with Crippen LogP contribution in [0.1, 0.15) is 24.6 Å². The smallest absolute Gasteiger partial charge is 0.146 e. The number of halogens is 1. The average molecular weight is 262 g/mol. The van der Waals surface area contributed by atoms with Crippen LogP contribution >= 0.6 is 11.6 Å². The molecule has 1 aliphatic carbocycles. The van der Waals surface area contributed by atoms with E-state index >= 15 is 0 Å². The molecule has 18 heavy (non-hydrogen) atoms. The number of aromatic nitrogens is 3. The number of hydrogen-bond acceptors (Lipinski definition) is 4. The van der Waals surface area contributed by atoms with Crippen molar-refractivity contribution in [2.75, 3.05) is 7.11 Å². The Bertz CT molecular complexity index is 584. The second-order valence-corrected chi connectivity index (χ2v) is 4.65. The highest BCUT2D eigenvalue weighted by Gasteiger charge is 2.27. The lowest BCUT2D eigenvalue weighted by Crippen LogP contribution is -1.98. The topological polar surface area (TPSA) is 47.9 Å². The van der Waals surface area contributed by atoms with Crippen LogP contribution in [0.2, 0.25) is 5.15 Å². The average Bonchev–Trinajstić information content (AvgIpc) is 3.22. The number of hydrogen-bond donors (Lipinski definition) is 0. The summed E-state index contributed by atoms with van der Waals surface area (Å²) in [5, 5.41) is 0.453. The number of rotatable bonds is 3. The van der Waals surface area contributed by atoms with E-state index in [4.69, 9.17) is 16.3 Å². The summed E-state index contributed by atoms with van der Waals surface area (Å²) in [6.07, 6.45) is 3.99. The molecule has 5 heteroatoms. The molecule has 92 valence electrons. The zero-order valence-corrected chi connectivity index (χ0v) is 10.7. The van der Waals surface area contributed by atoms with E-state index < -0.39 is 0 Å². The summed E-state index contributed by atoms with van der Waals surface area (Å²) in [6.45, 7) is 0. The molecule has 2 aromatic heterocycles. The van der Waals surface area contributed by atoms with Crippen LogP contribution in [0.4, 0.5) is 0 Å². The third kappa shape index (κ3) is 2.16.